The van der Waals surface area contributed by atoms with Crippen LogP contribution in [0.1, 0.15) is 15.9 Å². The van der Waals surface area contributed by atoms with E-state index in [1.807, 2.05) is 0 Å². The summed E-state index contributed by atoms with van der Waals surface area (Å²) in [6.45, 7) is -3.06. The number of ketones is 1. The van der Waals surface area contributed by atoms with Gasteiger partial charge in [-0.25, -0.2) is 4.39 Å². The first-order valence-corrected chi connectivity index (χ1v) is 6.32. The number of carbonyl (C=O) groups excluding carboxylic acids is 1. The van der Waals surface area contributed by atoms with Crippen LogP contribution in [0.15, 0.2) is 46.9 Å². The number of ether oxygens (including phenoxy) is 1. The van der Waals surface area contributed by atoms with E-state index in [0.29, 0.717) is 4.47 Å². The molecule has 0 aliphatic rings. The lowest BCUT2D eigenvalue weighted by Crippen LogP contribution is -2.10. The fourth-order valence-electron chi connectivity index (χ4n) is 1.67. The Morgan fingerprint density at radius 2 is 1.80 bits per heavy atom. The summed E-state index contributed by atoms with van der Waals surface area (Å²) in [7, 11) is 0. The smallest absolute Gasteiger partial charge is 0.387 e. The van der Waals surface area contributed by atoms with E-state index in [1.54, 1.807) is 0 Å². The molecule has 0 unspecified atom stereocenters. The van der Waals surface area contributed by atoms with Crippen molar-refractivity contribution in [1.29, 1.82) is 0 Å². The van der Waals surface area contributed by atoms with Crippen LogP contribution < -0.4 is 4.74 Å². The molecule has 0 aliphatic carbocycles. The van der Waals surface area contributed by atoms with Crippen molar-refractivity contribution < 1.29 is 22.7 Å². The van der Waals surface area contributed by atoms with Crippen molar-refractivity contribution in [3.8, 4) is 5.75 Å². The second-order valence-corrected chi connectivity index (χ2v) is 4.74. The summed E-state index contributed by atoms with van der Waals surface area (Å²) >= 11 is 3.13. The van der Waals surface area contributed by atoms with Crippen LogP contribution in [0.5, 0.6) is 5.75 Å². The first-order chi connectivity index (χ1) is 9.49. The number of alkyl halides is 2. The van der Waals surface area contributed by atoms with Crippen LogP contribution in [0.3, 0.4) is 0 Å². The Balaban J connectivity index is 2.45. The summed E-state index contributed by atoms with van der Waals surface area (Å²) in [6, 6.07) is 9.32. The van der Waals surface area contributed by atoms with Crippen LogP contribution in [0.25, 0.3) is 0 Å². The topological polar surface area (TPSA) is 26.3 Å². The molecule has 2 aromatic carbocycles. The molecule has 0 aliphatic heterocycles. The Morgan fingerprint density at radius 1 is 1.10 bits per heavy atom. The maximum atomic E-state index is 13.7. The zero-order chi connectivity index (χ0) is 14.7. The number of benzene rings is 2. The van der Waals surface area contributed by atoms with Gasteiger partial charge in [0, 0.05) is 4.47 Å². The van der Waals surface area contributed by atoms with Gasteiger partial charge in [-0.2, -0.15) is 8.78 Å². The van der Waals surface area contributed by atoms with Gasteiger partial charge >= 0.3 is 6.61 Å². The van der Waals surface area contributed by atoms with Gasteiger partial charge in [-0.15, -0.1) is 0 Å². The zero-order valence-corrected chi connectivity index (χ0v) is 11.5. The third kappa shape index (κ3) is 3.19. The molecule has 0 heterocycles. The third-order valence-corrected chi connectivity index (χ3v) is 3.01. The molecule has 6 heteroatoms. The van der Waals surface area contributed by atoms with Gasteiger partial charge < -0.3 is 4.74 Å². The number of hydrogen-bond acceptors (Lipinski definition) is 2. The van der Waals surface area contributed by atoms with E-state index in [0.717, 1.165) is 6.07 Å². The highest BCUT2D eigenvalue weighted by Gasteiger charge is 2.19. The van der Waals surface area contributed by atoms with E-state index >= 15 is 0 Å². The molecule has 104 valence electrons. The molecule has 2 nitrogen and oxygen atoms in total. The van der Waals surface area contributed by atoms with Gasteiger partial charge in [-0.3, -0.25) is 4.79 Å². The van der Waals surface area contributed by atoms with E-state index in [1.165, 1.54) is 36.4 Å². The maximum absolute atomic E-state index is 13.7. The SMILES string of the molecule is O=C(c1cc(Br)ccc1F)c1ccccc1OC(F)F. The van der Waals surface area contributed by atoms with Gasteiger partial charge in [0.15, 0.2) is 5.78 Å². The lowest BCUT2D eigenvalue weighted by molar-refractivity contribution is -0.0501. The predicted molar refractivity (Wildman–Crippen MR) is 70.6 cm³/mol. The van der Waals surface area contributed by atoms with Crippen LogP contribution in [-0.4, -0.2) is 12.4 Å². The molecular weight excluding hydrogens is 337 g/mol. The fourth-order valence-corrected chi connectivity index (χ4v) is 2.03. The highest BCUT2D eigenvalue weighted by Crippen LogP contribution is 2.25. The summed E-state index contributed by atoms with van der Waals surface area (Å²) in [4.78, 5) is 12.2. The number of carbonyl (C=O) groups is 1. The maximum Gasteiger partial charge on any atom is 0.387 e. The van der Waals surface area contributed by atoms with Gasteiger partial charge in [0.05, 0.1) is 11.1 Å². The molecule has 0 spiro atoms. The van der Waals surface area contributed by atoms with Crippen molar-refractivity contribution in [3.05, 3.63) is 63.9 Å². The lowest BCUT2D eigenvalue weighted by Gasteiger charge is -2.10. The van der Waals surface area contributed by atoms with E-state index in [4.69, 9.17) is 0 Å². The van der Waals surface area contributed by atoms with Crippen LogP contribution in [0, 0.1) is 5.82 Å². The van der Waals surface area contributed by atoms with Crippen LogP contribution in [0.4, 0.5) is 13.2 Å². The average Bonchev–Trinajstić information content (AvgIpc) is 2.41. The van der Waals surface area contributed by atoms with E-state index in [-0.39, 0.29) is 16.9 Å². The molecule has 0 atom stereocenters. The summed E-state index contributed by atoms with van der Waals surface area (Å²) in [5, 5.41) is 0. The average molecular weight is 345 g/mol. The molecule has 0 N–H and O–H groups in total. The zero-order valence-electron chi connectivity index (χ0n) is 9.95. The Morgan fingerprint density at radius 3 is 2.50 bits per heavy atom. The largest absolute Gasteiger partial charge is 0.434 e. The first-order valence-electron chi connectivity index (χ1n) is 5.52. The normalized spacial score (nSPS) is 10.7. The molecule has 0 radical (unpaired) electrons. The number of hydrogen-bond donors (Lipinski definition) is 0. The first kappa shape index (κ1) is 14.6. The van der Waals surface area contributed by atoms with E-state index < -0.39 is 18.2 Å². The van der Waals surface area contributed by atoms with Crippen molar-refractivity contribution in [2.45, 2.75) is 6.61 Å². The van der Waals surface area contributed by atoms with E-state index in [2.05, 4.69) is 20.7 Å². The highest BCUT2D eigenvalue weighted by atomic mass is 79.9. The predicted octanol–water partition coefficient (Wildman–Crippen LogP) is 4.42. The fraction of sp³-hybridized carbons (Fsp3) is 0.0714. The van der Waals surface area contributed by atoms with Crippen LogP contribution in [-0.2, 0) is 0 Å². The standard InChI is InChI=1S/C14H8BrF3O2/c15-8-5-6-11(16)10(7-8)13(19)9-3-1-2-4-12(9)20-14(17)18/h1-7,14H. The van der Waals surface area contributed by atoms with Crippen molar-refractivity contribution >= 4 is 21.7 Å². The number of para-hydroxylation sites is 1. The summed E-state index contributed by atoms with van der Waals surface area (Å²) in [6.07, 6.45) is 0. The molecule has 0 amide bonds. The molecule has 0 fully saturated rings. The van der Waals surface area contributed by atoms with Gasteiger partial charge in [0.25, 0.3) is 0 Å². The van der Waals surface area contributed by atoms with Crippen LogP contribution in [0.2, 0.25) is 0 Å². The molecular formula is C14H8BrF3O2. The molecule has 0 aromatic heterocycles. The molecule has 20 heavy (non-hydrogen) atoms. The van der Waals surface area contributed by atoms with Crippen molar-refractivity contribution in [3.63, 3.8) is 0 Å². The minimum absolute atomic E-state index is 0.121. The molecule has 0 bridgehead atoms. The second-order valence-electron chi connectivity index (χ2n) is 3.83. The Hall–Kier alpha value is -1.82. The van der Waals surface area contributed by atoms with Crippen molar-refractivity contribution in [1.82, 2.24) is 0 Å². The molecule has 0 saturated heterocycles. The van der Waals surface area contributed by atoms with Gasteiger partial charge in [0.2, 0.25) is 0 Å². The van der Waals surface area contributed by atoms with Crippen molar-refractivity contribution in [2.24, 2.45) is 0 Å². The van der Waals surface area contributed by atoms with Crippen LogP contribution >= 0.6 is 15.9 Å². The molecule has 2 rings (SSSR count). The van der Waals surface area contributed by atoms with E-state index in [9.17, 15) is 18.0 Å². The number of rotatable bonds is 4. The highest BCUT2D eigenvalue weighted by molar-refractivity contribution is 9.10. The third-order valence-electron chi connectivity index (χ3n) is 2.52. The van der Waals surface area contributed by atoms with Gasteiger partial charge in [-0.1, -0.05) is 28.1 Å². The minimum Gasteiger partial charge on any atom is -0.434 e. The van der Waals surface area contributed by atoms with Gasteiger partial charge in [0.1, 0.15) is 11.6 Å². The van der Waals surface area contributed by atoms with Gasteiger partial charge in [-0.05, 0) is 30.3 Å². The van der Waals surface area contributed by atoms with Crippen molar-refractivity contribution in [2.75, 3.05) is 0 Å². The second kappa shape index (κ2) is 6.09. The summed E-state index contributed by atoms with van der Waals surface area (Å²) in [5.41, 5.74) is -0.338. The summed E-state index contributed by atoms with van der Waals surface area (Å²) in [5.74, 6) is -1.74. The minimum atomic E-state index is -3.06. The molecule has 2 aromatic rings. The monoisotopic (exact) mass is 344 g/mol. The lowest BCUT2D eigenvalue weighted by atomic mass is 10.0. The molecule has 0 saturated carbocycles. The Kier molecular flexibility index (Phi) is 4.44. The number of halogens is 4. The quantitative estimate of drug-likeness (QED) is 0.767. The Bertz CT molecular complexity index is 644. The summed E-state index contributed by atoms with van der Waals surface area (Å²) < 4.78 is 43.0. The Labute approximate surface area is 121 Å².